The Morgan fingerprint density at radius 3 is 2.45 bits per heavy atom. The molecule has 2 heterocycles. The predicted octanol–water partition coefficient (Wildman–Crippen LogP) is 6.78. The molecule has 212 valence electrons. The van der Waals surface area contributed by atoms with Crippen LogP contribution in [0.3, 0.4) is 0 Å². The molecule has 8 heteroatoms. The van der Waals surface area contributed by atoms with Gasteiger partial charge in [0.2, 0.25) is 0 Å². The zero-order valence-corrected chi connectivity index (χ0v) is 23.4. The normalized spacial score (nSPS) is 16.6. The van der Waals surface area contributed by atoms with E-state index in [0.29, 0.717) is 35.1 Å². The van der Waals surface area contributed by atoms with Crippen LogP contribution < -0.4 is 15.0 Å². The summed E-state index contributed by atoms with van der Waals surface area (Å²) in [6, 6.07) is 11.4. The molecule has 2 fully saturated rings. The summed E-state index contributed by atoms with van der Waals surface area (Å²) in [5.41, 5.74) is 4.66. The van der Waals surface area contributed by atoms with Gasteiger partial charge in [0, 0.05) is 42.4 Å². The molecule has 0 bridgehead atoms. The number of hydrogen-bond donors (Lipinski definition) is 2. The number of piperidine rings is 1. The average molecular weight is 550 g/mol. The van der Waals surface area contributed by atoms with Crippen LogP contribution in [0.2, 0.25) is 0 Å². The summed E-state index contributed by atoms with van der Waals surface area (Å²) in [5, 5.41) is 13.3. The average Bonchev–Trinajstić information content (AvgIpc) is 3.72. The maximum atomic E-state index is 15.5. The van der Waals surface area contributed by atoms with Gasteiger partial charge in [0.05, 0.1) is 18.7 Å². The minimum atomic E-state index is -0.923. The van der Waals surface area contributed by atoms with Gasteiger partial charge in [0.1, 0.15) is 11.6 Å². The fraction of sp³-hybridized carbons (Fsp3) is 0.438. The lowest BCUT2D eigenvalue weighted by atomic mass is 9.82. The predicted molar refractivity (Wildman–Crippen MR) is 153 cm³/mol. The number of carboxylic acid groups (broad SMARTS) is 1. The van der Waals surface area contributed by atoms with Crippen molar-refractivity contribution in [2.75, 3.05) is 29.9 Å². The molecule has 1 aliphatic heterocycles. The lowest BCUT2D eigenvalue weighted by Gasteiger charge is -2.40. The van der Waals surface area contributed by atoms with E-state index in [9.17, 15) is 14.3 Å². The summed E-state index contributed by atoms with van der Waals surface area (Å²) in [7, 11) is 0. The summed E-state index contributed by atoms with van der Waals surface area (Å²) in [6.45, 7) is 8.19. The smallest absolute Gasteiger partial charge is 0.307 e. The van der Waals surface area contributed by atoms with Gasteiger partial charge >= 0.3 is 5.97 Å². The number of pyridine rings is 1. The van der Waals surface area contributed by atoms with Gasteiger partial charge in [-0.1, -0.05) is 32.0 Å². The van der Waals surface area contributed by atoms with Crippen molar-refractivity contribution in [2.24, 2.45) is 5.41 Å². The molecular weight excluding hydrogens is 512 g/mol. The third-order valence-corrected chi connectivity index (χ3v) is 7.94. The largest absolute Gasteiger partial charge is 0.490 e. The van der Waals surface area contributed by atoms with E-state index in [0.717, 1.165) is 55.6 Å². The lowest BCUT2D eigenvalue weighted by molar-refractivity contribution is -0.136. The summed E-state index contributed by atoms with van der Waals surface area (Å²) < 4.78 is 34.4. The Balaban J connectivity index is 1.51. The first-order valence-electron chi connectivity index (χ1n) is 14.0. The fourth-order valence-electron chi connectivity index (χ4n) is 5.28. The van der Waals surface area contributed by atoms with Crippen LogP contribution in [0.1, 0.15) is 56.4 Å². The SMILES string of the molecule is Cc1nc(NC2CC2)c(-c2ccc(OCCc3ccc(F)cc3)c(F)c2)c(N2CCC(C)(C)CC2)c1CC(=O)O. The number of aliphatic carboxylic acids is 1. The van der Waals surface area contributed by atoms with Crippen molar-refractivity contribution in [3.8, 4) is 16.9 Å². The van der Waals surface area contributed by atoms with Crippen LogP contribution in [-0.2, 0) is 17.6 Å². The van der Waals surface area contributed by atoms with E-state index in [1.54, 1.807) is 18.2 Å². The van der Waals surface area contributed by atoms with E-state index < -0.39 is 11.8 Å². The van der Waals surface area contributed by atoms with Crippen LogP contribution in [0.25, 0.3) is 11.1 Å². The van der Waals surface area contributed by atoms with Crippen molar-refractivity contribution in [1.29, 1.82) is 0 Å². The van der Waals surface area contributed by atoms with Crippen LogP contribution in [0.5, 0.6) is 5.75 Å². The van der Waals surface area contributed by atoms with Crippen LogP contribution in [0.15, 0.2) is 42.5 Å². The number of aryl methyl sites for hydroxylation is 1. The lowest BCUT2D eigenvalue weighted by Crippen LogP contribution is -2.38. The molecule has 0 atom stereocenters. The first kappa shape index (κ1) is 27.9. The quantitative estimate of drug-likeness (QED) is 0.290. The highest BCUT2D eigenvalue weighted by molar-refractivity contribution is 5.92. The Hall–Kier alpha value is -3.68. The van der Waals surface area contributed by atoms with Crippen molar-refractivity contribution in [3.63, 3.8) is 0 Å². The number of carboxylic acids is 1. The number of nitrogens with zero attached hydrogens (tertiary/aromatic N) is 2. The van der Waals surface area contributed by atoms with Gasteiger partial charge in [-0.3, -0.25) is 4.79 Å². The van der Waals surface area contributed by atoms with Crippen LogP contribution in [0, 0.1) is 24.0 Å². The molecule has 2 aromatic carbocycles. The zero-order chi connectivity index (χ0) is 28.4. The number of halogens is 2. The molecule has 1 aromatic heterocycles. The number of nitrogens with one attached hydrogen (secondary N) is 1. The van der Waals surface area contributed by atoms with Crippen molar-refractivity contribution in [3.05, 3.63) is 70.9 Å². The fourth-order valence-corrected chi connectivity index (χ4v) is 5.28. The monoisotopic (exact) mass is 549 g/mol. The second-order valence-electron chi connectivity index (χ2n) is 11.8. The molecule has 1 aliphatic carbocycles. The van der Waals surface area contributed by atoms with E-state index in [4.69, 9.17) is 9.72 Å². The molecule has 40 heavy (non-hydrogen) atoms. The van der Waals surface area contributed by atoms with Gasteiger partial charge in [-0.05, 0) is 73.4 Å². The molecule has 1 saturated heterocycles. The molecule has 2 aliphatic rings. The highest BCUT2D eigenvalue weighted by Crippen LogP contribution is 2.45. The van der Waals surface area contributed by atoms with Crippen molar-refractivity contribution in [1.82, 2.24) is 4.98 Å². The highest BCUT2D eigenvalue weighted by atomic mass is 19.1. The second-order valence-corrected chi connectivity index (χ2v) is 11.8. The number of anilines is 2. The van der Waals surface area contributed by atoms with Crippen molar-refractivity contribution < 1.29 is 23.4 Å². The Labute approximate surface area is 234 Å². The van der Waals surface area contributed by atoms with E-state index in [2.05, 4.69) is 24.1 Å². The van der Waals surface area contributed by atoms with Gasteiger partial charge in [0.15, 0.2) is 11.6 Å². The van der Waals surface area contributed by atoms with Crippen LogP contribution in [-0.4, -0.2) is 41.8 Å². The van der Waals surface area contributed by atoms with Gasteiger partial charge in [0.25, 0.3) is 0 Å². The Kier molecular flexibility index (Phi) is 7.97. The Morgan fingerprint density at radius 2 is 1.82 bits per heavy atom. The summed E-state index contributed by atoms with van der Waals surface area (Å²) in [5.74, 6) is -0.923. The number of carbonyl (C=O) groups is 1. The number of aromatic nitrogens is 1. The minimum Gasteiger partial charge on any atom is -0.490 e. The highest BCUT2D eigenvalue weighted by Gasteiger charge is 2.32. The number of rotatable bonds is 10. The molecule has 0 amide bonds. The Morgan fingerprint density at radius 1 is 1.12 bits per heavy atom. The Bertz CT molecular complexity index is 1380. The first-order chi connectivity index (χ1) is 19.1. The van der Waals surface area contributed by atoms with Crippen LogP contribution in [0.4, 0.5) is 20.3 Å². The topological polar surface area (TPSA) is 74.7 Å². The van der Waals surface area contributed by atoms with Crippen LogP contribution >= 0.6 is 0 Å². The third-order valence-electron chi connectivity index (χ3n) is 7.94. The second kappa shape index (κ2) is 11.4. The van der Waals surface area contributed by atoms with E-state index in [1.807, 2.05) is 13.0 Å². The number of ether oxygens (including phenoxy) is 1. The van der Waals surface area contributed by atoms with Gasteiger partial charge in [-0.2, -0.15) is 0 Å². The van der Waals surface area contributed by atoms with Gasteiger partial charge < -0.3 is 20.1 Å². The summed E-state index contributed by atoms with van der Waals surface area (Å²) in [6.07, 6.45) is 4.39. The maximum Gasteiger partial charge on any atom is 0.307 e. The molecule has 3 aromatic rings. The van der Waals surface area contributed by atoms with Crippen molar-refractivity contribution >= 4 is 17.5 Å². The van der Waals surface area contributed by atoms with Crippen molar-refractivity contribution in [2.45, 2.75) is 65.3 Å². The summed E-state index contributed by atoms with van der Waals surface area (Å²) >= 11 is 0. The third kappa shape index (κ3) is 6.54. The van der Waals surface area contributed by atoms with E-state index >= 15 is 4.39 Å². The minimum absolute atomic E-state index is 0.134. The number of hydrogen-bond acceptors (Lipinski definition) is 5. The van der Waals surface area contributed by atoms with Gasteiger partial charge in [-0.15, -0.1) is 0 Å². The standard InChI is InChI=1S/C32H37F2N3O3/c1-20-25(19-28(38)39)30(37-15-13-32(2,3)14-16-37)29(31(35-20)36-24-9-10-24)22-6-11-27(26(34)18-22)40-17-12-21-4-7-23(33)8-5-21/h4-8,11,18,24H,9-10,12-17,19H2,1-3H3,(H,35,36)(H,38,39). The van der Waals surface area contributed by atoms with E-state index in [-0.39, 0.29) is 30.0 Å². The summed E-state index contributed by atoms with van der Waals surface area (Å²) in [4.78, 5) is 19.0. The van der Waals surface area contributed by atoms with Gasteiger partial charge in [-0.25, -0.2) is 13.8 Å². The molecule has 6 nitrogen and oxygen atoms in total. The molecule has 2 N–H and O–H groups in total. The zero-order valence-electron chi connectivity index (χ0n) is 23.4. The molecular formula is C32H37F2N3O3. The molecule has 5 rings (SSSR count). The molecule has 0 radical (unpaired) electrons. The molecule has 0 spiro atoms. The molecule has 1 saturated carbocycles. The first-order valence-corrected chi connectivity index (χ1v) is 14.0. The maximum absolute atomic E-state index is 15.5. The molecule has 0 unspecified atom stereocenters. The number of benzene rings is 2. The van der Waals surface area contributed by atoms with E-state index in [1.165, 1.54) is 18.2 Å².